The van der Waals surface area contributed by atoms with Crippen LogP contribution in [0, 0.1) is 0 Å². The van der Waals surface area contributed by atoms with E-state index in [1.165, 1.54) is 0 Å². The highest BCUT2D eigenvalue weighted by atomic mass is 79.9. The lowest BCUT2D eigenvalue weighted by Gasteiger charge is -2.13. The summed E-state index contributed by atoms with van der Waals surface area (Å²) < 4.78 is 0.969. The van der Waals surface area contributed by atoms with E-state index in [-0.39, 0.29) is 6.04 Å². The predicted molar refractivity (Wildman–Crippen MR) is 81.2 cm³/mol. The number of benzene rings is 2. The van der Waals surface area contributed by atoms with E-state index >= 15 is 0 Å². The van der Waals surface area contributed by atoms with Gasteiger partial charge in [-0.2, -0.15) is 0 Å². The largest absolute Gasteiger partial charge is 0.324 e. The van der Waals surface area contributed by atoms with Crippen LogP contribution < -0.4 is 5.73 Å². The molecule has 2 rings (SSSR count). The Hall–Kier alpha value is -0.540. The smallest absolute Gasteiger partial charge is 0.0449 e. The maximum atomic E-state index is 6.18. The van der Waals surface area contributed by atoms with Gasteiger partial charge < -0.3 is 5.73 Å². The first-order valence-corrected chi connectivity index (χ1v) is 7.06. The minimum atomic E-state index is -0.0825. The van der Waals surface area contributed by atoms with Gasteiger partial charge in [0.15, 0.2) is 0 Å². The molecule has 1 unspecified atom stereocenters. The van der Waals surface area contributed by atoms with Gasteiger partial charge in [-0.3, -0.25) is 0 Å². The number of rotatable bonds is 3. The molecular weight excluding hydrogens is 333 g/mol. The summed E-state index contributed by atoms with van der Waals surface area (Å²) in [7, 11) is 0. The molecule has 2 aromatic carbocycles. The number of hydrogen-bond acceptors (Lipinski definition) is 1. The third-order valence-corrected chi connectivity index (χ3v) is 3.85. The van der Waals surface area contributed by atoms with Crippen LogP contribution >= 0.6 is 39.1 Å². The Balaban J connectivity index is 2.15. The van der Waals surface area contributed by atoms with Crippen molar-refractivity contribution in [3.63, 3.8) is 0 Å². The third-order valence-electron chi connectivity index (χ3n) is 2.75. The van der Waals surface area contributed by atoms with Gasteiger partial charge in [-0.25, -0.2) is 0 Å². The lowest BCUT2D eigenvalue weighted by molar-refractivity contribution is 0.722. The quantitative estimate of drug-likeness (QED) is 0.833. The van der Waals surface area contributed by atoms with Gasteiger partial charge in [0.25, 0.3) is 0 Å². The van der Waals surface area contributed by atoms with Crippen LogP contribution in [0.1, 0.15) is 17.2 Å². The summed E-state index contributed by atoms with van der Waals surface area (Å²) in [6.45, 7) is 0. The maximum absolute atomic E-state index is 6.18. The fraction of sp³-hybridized carbons (Fsp3) is 0.143. The monoisotopic (exact) mass is 343 g/mol. The fourth-order valence-corrected chi connectivity index (χ4v) is 2.63. The van der Waals surface area contributed by atoms with Gasteiger partial charge in [0.1, 0.15) is 0 Å². The first kappa shape index (κ1) is 13.9. The molecule has 0 aliphatic rings. The zero-order valence-corrected chi connectivity index (χ0v) is 12.6. The molecule has 0 saturated heterocycles. The molecule has 0 radical (unpaired) electrons. The first-order valence-electron chi connectivity index (χ1n) is 5.51. The Kier molecular flexibility index (Phi) is 4.68. The van der Waals surface area contributed by atoms with Crippen molar-refractivity contribution >= 4 is 39.1 Å². The van der Waals surface area contributed by atoms with E-state index in [1.54, 1.807) is 0 Å². The minimum absolute atomic E-state index is 0.0825. The normalized spacial score (nSPS) is 12.4. The number of nitrogens with two attached hydrogens (primary N) is 1. The summed E-state index contributed by atoms with van der Waals surface area (Å²) in [5, 5.41) is 1.45. The second-order valence-corrected chi connectivity index (χ2v) is 5.86. The Morgan fingerprint density at radius 2 is 1.72 bits per heavy atom. The van der Waals surface area contributed by atoms with Crippen LogP contribution in [-0.4, -0.2) is 0 Å². The van der Waals surface area contributed by atoms with Gasteiger partial charge in [0, 0.05) is 20.6 Å². The zero-order chi connectivity index (χ0) is 13.1. The van der Waals surface area contributed by atoms with Crippen molar-refractivity contribution in [1.29, 1.82) is 0 Å². The lowest BCUT2D eigenvalue weighted by Crippen LogP contribution is -2.13. The van der Waals surface area contributed by atoms with E-state index in [9.17, 15) is 0 Å². The highest BCUT2D eigenvalue weighted by Crippen LogP contribution is 2.25. The SMILES string of the molecule is NC(Cc1ccc(Br)cc1Cl)c1ccc(Cl)cc1. The van der Waals surface area contributed by atoms with E-state index in [0.717, 1.165) is 20.6 Å². The number of halogens is 3. The molecule has 0 spiro atoms. The summed E-state index contributed by atoms with van der Waals surface area (Å²) in [6, 6.07) is 13.3. The van der Waals surface area contributed by atoms with Crippen molar-refractivity contribution in [2.45, 2.75) is 12.5 Å². The lowest BCUT2D eigenvalue weighted by atomic mass is 10.00. The summed E-state index contributed by atoms with van der Waals surface area (Å²) in [6.07, 6.45) is 0.702. The first-order chi connectivity index (χ1) is 8.56. The van der Waals surface area contributed by atoms with E-state index in [2.05, 4.69) is 15.9 Å². The molecule has 94 valence electrons. The molecule has 0 aliphatic heterocycles. The number of hydrogen-bond donors (Lipinski definition) is 1. The van der Waals surface area contributed by atoms with Crippen molar-refractivity contribution in [2.24, 2.45) is 5.73 Å². The summed E-state index contributed by atoms with van der Waals surface area (Å²) in [4.78, 5) is 0. The maximum Gasteiger partial charge on any atom is 0.0449 e. The van der Waals surface area contributed by atoms with Gasteiger partial charge >= 0.3 is 0 Å². The second kappa shape index (κ2) is 6.07. The molecule has 2 N–H and O–H groups in total. The molecule has 0 aromatic heterocycles. The van der Waals surface area contributed by atoms with Crippen molar-refractivity contribution < 1.29 is 0 Å². The summed E-state index contributed by atoms with van der Waals surface area (Å²) in [5.41, 5.74) is 8.27. The van der Waals surface area contributed by atoms with Crippen LogP contribution in [0.2, 0.25) is 10.0 Å². The topological polar surface area (TPSA) is 26.0 Å². The van der Waals surface area contributed by atoms with Crippen molar-refractivity contribution in [3.8, 4) is 0 Å². The Bertz CT molecular complexity index is 540. The van der Waals surface area contributed by atoms with Gasteiger partial charge in [-0.05, 0) is 41.8 Å². The van der Waals surface area contributed by atoms with Crippen molar-refractivity contribution in [1.82, 2.24) is 0 Å². The van der Waals surface area contributed by atoms with Gasteiger partial charge in [-0.1, -0.05) is 57.3 Å². The molecule has 0 saturated carbocycles. The molecule has 0 aliphatic carbocycles. The Morgan fingerprint density at radius 3 is 2.33 bits per heavy atom. The van der Waals surface area contributed by atoms with Crippen molar-refractivity contribution in [2.75, 3.05) is 0 Å². The van der Waals surface area contributed by atoms with Crippen LogP contribution in [0.4, 0.5) is 0 Å². The molecular formula is C14H12BrCl2N. The van der Waals surface area contributed by atoms with Gasteiger partial charge in [0.2, 0.25) is 0 Å². The van der Waals surface area contributed by atoms with E-state index in [1.807, 2.05) is 42.5 Å². The highest BCUT2D eigenvalue weighted by Gasteiger charge is 2.09. The van der Waals surface area contributed by atoms with Gasteiger partial charge in [0.05, 0.1) is 0 Å². The van der Waals surface area contributed by atoms with E-state index < -0.39 is 0 Å². The van der Waals surface area contributed by atoms with Crippen LogP contribution in [0.3, 0.4) is 0 Å². The minimum Gasteiger partial charge on any atom is -0.324 e. The Labute approximate surface area is 125 Å². The average Bonchev–Trinajstić information content (AvgIpc) is 2.33. The third kappa shape index (κ3) is 3.48. The molecule has 2 aromatic rings. The van der Waals surface area contributed by atoms with Crippen LogP contribution in [0.5, 0.6) is 0 Å². The molecule has 0 amide bonds. The van der Waals surface area contributed by atoms with Gasteiger partial charge in [-0.15, -0.1) is 0 Å². The molecule has 18 heavy (non-hydrogen) atoms. The van der Waals surface area contributed by atoms with Crippen molar-refractivity contribution in [3.05, 3.63) is 68.1 Å². The van der Waals surface area contributed by atoms with Crippen LogP contribution in [-0.2, 0) is 6.42 Å². The van der Waals surface area contributed by atoms with Crippen LogP contribution in [0.25, 0.3) is 0 Å². The average molecular weight is 345 g/mol. The molecule has 0 heterocycles. The summed E-state index contributed by atoms with van der Waals surface area (Å²) >= 11 is 15.4. The fourth-order valence-electron chi connectivity index (χ4n) is 1.75. The second-order valence-electron chi connectivity index (χ2n) is 4.10. The van der Waals surface area contributed by atoms with E-state index in [4.69, 9.17) is 28.9 Å². The Morgan fingerprint density at radius 1 is 1.06 bits per heavy atom. The standard InChI is InChI=1S/C14H12BrCl2N/c15-11-4-1-10(13(17)8-11)7-14(18)9-2-5-12(16)6-3-9/h1-6,8,14H,7,18H2. The van der Waals surface area contributed by atoms with E-state index in [0.29, 0.717) is 11.4 Å². The highest BCUT2D eigenvalue weighted by molar-refractivity contribution is 9.10. The molecule has 1 nitrogen and oxygen atoms in total. The molecule has 0 fully saturated rings. The zero-order valence-electron chi connectivity index (χ0n) is 9.54. The molecule has 0 bridgehead atoms. The predicted octanol–water partition coefficient (Wildman–Crippen LogP) is 5.00. The van der Waals surface area contributed by atoms with Crippen LogP contribution in [0.15, 0.2) is 46.9 Å². The molecule has 1 atom stereocenters. The molecule has 4 heteroatoms. The summed E-state index contributed by atoms with van der Waals surface area (Å²) in [5.74, 6) is 0.